The van der Waals surface area contributed by atoms with Crippen molar-refractivity contribution in [3.63, 3.8) is 0 Å². The van der Waals surface area contributed by atoms with Crippen molar-refractivity contribution < 1.29 is 9.90 Å². The first-order valence-electron chi connectivity index (χ1n) is 6.71. The molecule has 2 heteroatoms. The highest BCUT2D eigenvalue weighted by Gasteiger charge is 2.54. The Balaban J connectivity index is 1.84. The Morgan fingerprint density at radius 2 is 1.84 bits per heavy atom. The third-order valence-electron chi connectivity index (χ3n) is 4.68. The van der Waals surface area contributed by atoms with Crippen molar-refractivity contribution in [1.82, 2.24) is 0 Å². The number of ketones is 1. The lowest BCUT2D eigenvalue weighted by molar-refractivity contribution is -0.133. The van der Waals surface area contributed by atoms with Gasteiger partial charge < -0.3 is 5.11 Å². The van der Waals surface area contributed by atoms with Crippen LogP contribution in [0.15, 0.2) is 42.0 Å². The number of aromatic hydroxyl groups is 1. The summed E-state index contributed by atoms with van der Waals surface area (Å²) in [5.41, 5.74) is 2.29. The normalized spacial score (nSPS) is 28.1. The van der Waals surface area contributed by atoms with Gasteiger partial charge in [-0.25, -0.2) is 0 Å². The molecule has 0 heterocycles. The summed E-state index contributed by atoms with van der Waals surface area (Å²) in [5.74, 6) is 1.27. The molecule has 1 N–H and O–H groups in total. The van der Waals surface area contributed by atoms with Gasteiger partial charge in [-0.1, -0.05) is 38.1 Å². The maximum Gasteiger partial charge on any atom is 0.159 e. The van der Waals surface area contributed by atoms with Crippen LogP contribution in [0.25, 0.3) is 6.08 Å². The molecule has 3 aliphatic rings. The molecule has 4 rings (SSSR count). The monoisotopic (exact) mass is 254 g/mol. The summed E-state index contributed by atoms with van der Waals surface area (Å²) < 4.78 is 0. The number of hydrogen-bond acceptors (Lipinski definition) is 2. The molecule has 2 atom stereocenters. The molecule has 1 aromatic rings. The summed E-state index contributed by atoms with van der Waals surface area (Å²) in [5, 5.41) is 9.25. The Bertz CT molecular complexity index is 576. The zero-order chi connectivity index (χ0) is 13.6. The Morgan fingerprint density at radius 3 is 2.42 bits per heavy atom. The van der Waals surface area contributed by atoms with Gasteiger partial charge in [-0.2, -0.15) is 0 Å². The zero-order valence-corrected chi connectivity index (χ0v) is 11.3. The van der Waals surface area contributed by atoms with E-state index in [1.807, 2.05) is 24.3 Å². The van der Waals surface area contributed by atoms with E-state index in [0.717, 1.165) is 17.6 Å². The van der Waals surface area contributed by atoms with E-state index in [1.54, 1.807) is 18.2 Å². The fourth-order valence-electron chi connectivity index (χ4n) is 3.28. The van der Waals surface area contributed by atoms with Gasteiger partial charge in [-0.05, 0) is 47.1 Å². The second-order valence-electron chi connectivity index (χ2n) is 6.13. The zero-order valence-electron chi connectivity index (χ0n) is 11.3. The van der Waals surface area contributed by atoms with Crippen molar-refractivity contribution in [1.29, 1.82) is 0 Å². The highest BCUT2D eigenvalue weighted by molar-refractivity contribution is 5.96. The minimum Gasteiger partial charge on any atom is -0.508 e. The minimum absolute atomic E-state index is 0.112. The van der Waals surface area contributed by atoms with Crippen molar-refractivity contribution in [2.45, 2.75) is 20.3 Å². The third-order valence-corrected chi connectivity index (χ3v) is 4.68. The summed E-state index contributed by atoms with van der Waals surface area (Å²) in [6.45, 7) is 4.37. The van der Waals surface area contributed by atoms with Crippen LogP contribution in [0.2, 0.25) is 0 Å². The van der Waals surface area contributed by atoms with Gasteiger partial charge >= 0.3 is 0 Å². The quantitative estimate of drug-likeness (QED) is 0.876. The highest BCUT2D eigenvalue weighted by atomic mass is 16.3. The molecule has 0 amide bonds. The number of phenols is 1. The lowest BCUT2D eigenvalue weighted by Gasteiger charge is -2.54. The molecule has 0 saturated heterocycles. The Hall–Kier alpha value is -1.83. The molecule has 0 aromatic heterocycles. The third kappa shape index (κ3) is 1.92. The van der Waals surface area contributed by atoms with Crippen LogP contribution >= 0.6 is 0 Å². The van der Waals surface area contributed by atoms with Gasteiger partial charge in [0.25, 0.3) is 0 Å². The number of phenolic OH excluding ortho intramolecular Hbond substituents is 1. The van der Waals surface area contributed by atoms with Crippen molar-refractivity contribution in [3.05, 3.63) is 47.6 Å². The maximum atomic E-state index is 12.0. The Morgan fingerprint density at radius 1 is 1.16 bits per heavy atom. The molecular formula is C17H18O2. The predicted molar refractivity (Wildman–Crippen MR) is 75.6 cm³/mol. The molecule has 19 heavy (non-hydrogen) atoms. The van der Waals surface area contributed by atoms with Gasteiger partial charge in [0, 0.05) is 5.92 Å². The van der Waals surface area contributed by atoms with Gasteiger partial charge in [0.1, 0.15) is 5.75 Å². The molecular weight excluding hydrogens is 236 g/mol. The van der Waals surface area contributed by atoms with Crippen molar-refractivity contribution >= 4 is 11.9 Å². The van der Waals surface area contributed by atoms with E-state index < -0.39 is 0 Å². The first kappa shape index (κ1) is 12.2. The number of rotatable bonds is 2. The van der Waals surface area contributed by atoms with E-state index in [2.05, 4.69) is 13.8 Å². The van der Waals surface area contributed by atoms with E-state index in [-0.39, 0.29) is 22.9 Å². The van der Waals surface area contributed by atoms with E-state index in [1.165, 1.54) is 0 Å². The number of fused-ring (bicyclic) bond motifs is 1. The summed E-state index contributed by atoms with van der Waals surface area (Å²) in [6, 6.07) is 7.07. The molecule has 1 aromatic carbocycles. The number of allylic oxidation sites excluding steroid dienone is 3. The van der Waals surface area contributed by atoms with Crippen LogP contribution in [0.3, 0.4) is 0 Å². The number of carbonyl (C=O) groups is 1. The molecule has 2 bridgehead atoms. The summed E-state index contributed by atoms with van der Waals surface area (Å²) in [6.07, 6.45) is 6.86. The number of hydrogen-bond donors (Lipinski definition) is 1. The highest BCUT2D eigenvalue weighted by Crippen LogP contribution is 2.58. The van der Waals surface area contributed by atoms with Crippen molar-refractivity contribution in [2.75, 3.05) is 0 Å². The van der Waals surface area contributed by atoms with Crippen LogP contribution in [0.4, 0.5) is 0 Å². The summed E-state index contributed by atoms with van der Waals surface area (Å²) in [7, 11) is 0. The fourth-order valence-corrected chi connectivity index (χ4v) is 3.28. The predicted octanol–water partition coefficient (Wildman–Crippen LogP) is 3.58. The van der Waals surface area contributed by atoms with Crippen LogP contribution in [-0.4, -0.2) is 10.9 Å². The van der Waals surface area contributed by atoms with Gasteiger partial charge in [0.15, 0.2) is 5.78 Å². The second kappa shape index (κ2) is 4.09. The standard InChI is InChI=1S/C17H18O2/c1-17(2)14-10-15(17)16(19)9-12(14)6-3-11-4-7-13(18)8-5-11/h3-9,14-15,18H,10H2,1-2H3/t14?,15-/m0/s1. The molecule has 0 aliphatic heterocycles. The lowest BCUT2D eigenvalue weighted by Crippen LogP contribution is -2.52. The smallest absolute Gasteiger partial charge is 0.159 e. The van der Waals surface area contributed by atoms with Crippen LogP contribution < -0.4 is 0 Å². The topological polar surface area (TPSA) is 37.3 Å². The van der Waals surface area contributed by atoms with Gasteiger partial charge in [-0.3, -0.25) is 4.79 Å². The Labute approximate surface area is 113 Å². The molecule has 1 fully saturated rings. The van der Waals surface area contributed by atoms with E-state index in [9.17, 15) is 9.90 Å². The van der Waals surface area contributed by atoms with Crippen LogP contribution in [0.1, 0.15) is 25.8 Å². The Kier molecular flexibility index (Phi) is 2.63. The summed E-state index contributed by atoms with van der Waals surface area (Å²) in [4.78, 5) is 12.0. The van der Waals surface area contributed by atoms with E-state index in [4.69, 9.17) is 0 Å². The van der Waals surface area contributed by atoms with Crippen molar-refractivity contribution in [3.8, 4) is 5.75 Å². The average Bonchev–Trinajstić information content (AvgIpc) is 2.37. The van der Waals surface area contributed by atoms with E-state index in [0.29, 0.717) is 5.92 Å². The summed E-state index contributed by atoms with van der Waals surface area (Å²) >= 11 is 0. The van der Waals surface area contributed by atoms with Gasteiger partial charge in [-0.15, -0.1) is 0 Å². The molecule has 3 aliphatic carbocycles. The van der Waals surface area contributed by atoms with Gasteiger partial charge in [0.05, 0.1) is 0 Å². The molecule has 2 nitrogen and oxygen atoms in total. The molecule has 0 radical (unpaired) electrons. The van der Waals surface area contributed by atoms with Crippen LogP contribution in [0, 0.1) is 17.3 Å². The first-order chi connectivity index (χ1) is 8.98. The average molecular weight is 254 g/mol. The van der Waals surface area contributed by atoms with Gasteiger partial charge in [0.2, 0.25) is 0 Å². The fraction of sp³-hybridized carbons (Fsp3) is 0.353. The second-order valence-corrected chi connectivity index (χ2v) is 6.13. The largest absolute Gasteiger partial charge is 0.508 e. The maximum absolute atomic E-state index is 12.0. The SMILES string of the molecule is CC1(C)C2C[C@H]1C(=O)C=C2C=Cc1ccc(O)cc1. The van der Waals surface area contributed by atoms with Crippen LogP contribution in [-0.2, 0) is 4.79 Å². The van der Waals surface area contributed by atoms with E-state index >= 15 is 0 Å². The molecule has 1 unspecified atom stereocenters. The van der Waals surface area contributed by atoms with Crippen LogP contribution in [0.5, 0.6) is 5.75 Å². The molecule has 98 valence electrons. The number of benzene rings is 1. The van der Waals surface area contributed by atoms with Crippen molar-refractivity contribution in [2.24, 2.45) is 17.3 Å². The molecule has 1 saturated carbocycles. The first-order valence-corrected chi connectivity index (χ1v) is 6.71. The number of carbonyl (C=O) groups excluding carboxylic acids is 1. The lowest BCUT2D eigenvalue weighted by atomic mass is 9.48. The molecule has 0 spiro atoms. The minimum atomic E-state index is 0.112.